The molecule has 2 nitrogen and oxygen atoms in total. The minimum absolute atomic E-state index is 0.334. The van der Waals surface area contributed by atoms with E-state index in [1.54, 1.807) is 0 Å². The van der Waals surface area contributed by atoms with Crippen LogP contribution in [-0.4, -0.2) is 35.7 Å². The van der Waals surface area contributed by atoms with Crippen LogP contribution in [0.15, 0.2) is 0 Å². The average molecular weight is 157 g/mol. The van der Waals surface area contributed by atoms with Crippen molar-refractivity contribution in [3.8, 4) is 0 Å². The van der Waals surface area contributed by atoms with Crippen LogP contribution in [-0.2, 0) is 0 Å². The zero-order valence-electron chi connectivity index (χ0n) is 7.58. The third-order valence-electron chi connectivity index (χ3n) is 2.77. The van der Waals surface area contributed by atoms with E-state index in [0.717, 1.165) is 6.54 Å². The van der Waals surface area contributed by atoms with Crippen molar-refractivity contribution in [1.29, 1.82) is 0 Å². The van der Waals surface area contributed by atoms with Crippen LogP contribution in [0.2, 0.25) is 0 Å². The lowest BCUT2D eigenvalue weighted by molar-refractivity contribution is 0.142. The summed E-state index contributed by atoms with van der Waals surface area (Å²) in [6.45, 7) is 7.03. The first-order chi connectivity index (χ1) is 5.29. The van der Waals surface area contributed by atoms with Gasteiger partial charge in [0.15, 0.2) is 0 Å². The Hall–Kier alpha value is -0.0800. The maximum Gasteiger partial charge on any atom is 0.0471 e. The summed E-state index contributed by atoms with van der Waals surface area (Å²) in [6.07, 6.45) is 2.58. The molecule has 0 aromatic heterocycles. The van der Waals surface area contributed by atoms with Gasteiger partial charge in [-0.3, -0.25) is 0 Å². The molecule has 1 saturated heterocycles. The van der Waals surface area contributed by atoms with Gasteiger partial charge in [0.1, 0.15) is 0 Å². The van der Waals surface area contributed by atoms with Crippen molar-refractivity contribution in [3.63, 3.8) is 0 Å². The Bertz CT molecular complexity index is 116. The zero-order valence-corrected chi connectivity index (χ0v) is 7.58. The minimum atomic E-state index is 0.334. The monoisotopic (exact) mass is 157 g/mol. The summed E-state index contributed by atoms with van der Waals surface area (Å²) < 4.78 is 0. The van der Waals surface area contributed by atoms with E-state index in [-0.39, 0.29) is 0 Å². The van der Waals surface area contributed by atoms with Crippen LogP contribution in [0.5, 0.6) is 0 Å². The molecule has 1 aliphatic heterocycles. The van der Waals surface area contributed by atoms with E-state index in [4.69, 9.17) is 5.11 Å². The molecular formula is C9H19NO. The minimum Gasteiger partial charge on any atom is -0.396 e. The molecule has 0 aromatic carbocycles. The number of rotatable bonds is 3. The highest BCUT2D eigenvalue weighted by atomic mass is 16.3. The van der Waals surface area contributed by atoms with Gasteiger partial charge in [0, 0.05) is 12.6 Å². The van der Waals surface area contributed by atoms with E-state index in [0.29, 0.717) is 18.6 Å². The first-order valence-corrected chi connectivity index (χ1v) is 4.64. The fourth-order valence-corrected chi connectivity index (χ4v) is 2.01. The van der Waals surface area contributed by atoms with Crippen LogP contribution >= 0.6 is 0 Å². The molecular weight excluding hydrogens is 138 g/mol. The number of aliphatic hydroxyl groups excluding tert-OH is 1. The van der Waals surface area contributed by atoms with E-state index >= 15 is 0 Å². The first kappa shape index (κ1) is 9.01. The van der Waals surface area contributed by atoms with Gasteiger partial charge in [0.25, 0.3) is 0 Å². The van der Waals surface area contributed by atoms with Gasteiger partial charge < -0.3 is 10.0 Å². The second kappa shape index (κ2) is 4.07. The van der Waals surface area contributed by atoms with Crippen molar-refractivity contribution >= 4 is 0 Å². The lowest BCUT2D eigenvalue weighted by Crippen LogP contribution is -2.35. The Kier molecular flexibility index (Phi) is 3.34. The number of hydrogen-bond acceptors (Lipinski definition) is 2. The van der Waals surface area contributed by atoms with Crippen molar-refractivity contribution < 1.29 is 5.11 Å². The first-order valence-electron chi connectivity index (χ1n) is 4.64. The normalized spacial score (nSPS) is 29.2. The quantitative estimate of drug-likeness (QED) is 0.663. The van der Waals surface area contributed by atoms with Crippen molar-refractivity contribution in [2.45, 2.75) is 32.7 Å². The molecule has 66 valence electrons. The topological polar surface area (TPSA) is 23.5 Å². The van der Waals surface area contributed by atoms with Gasteiger partial charge in [0.05, 0.1) is 0 Å². The molecule has 0 radical (unpaired) electrons. The maximum atomic E-state index is 8.98. The molecule has 1 heterocycles. The van der Waals surface area contributed by atoms with Gasteiger partial charge in [-0.15, -0.1) is 0 Å². The predicted molar refractivity (Wildman–Crippen MR) is 46.5 cm³/mol. The summed E-state index contributed by atoms with van der Waals surface area (Å²) in [5.74, 6) is 0.456. The molecule has 2 heteroatoms. The number of likely N-dealkylation sites (tertiary alicyclic amines) is 1. The van der Waals surface area contributed by atoms with E-state index in [1.165, 1.54) is 19.4 Å². The summed E-state index contributed by atoms with van der Waals surface area (Å²) in [4.78, 5) is 2.47. The molecule has 1 unspecified atom stereocenters. The maximum absolute atomic E-state index is 8.98. The van der Waals surface area contributed by atoms with Crippen molar-refractivity contribution in [2.75, 3.05) is 19.7 Å². The molecule has 1 N–H and O–H groups in total. The molecule has 0 amide bonds. The summed E-state index contributed by atoms with van der Waals surface area (Å²) in [5, 5.41) is 8.98. The molecule has 11 heavy (non-hydrogen) atoms. The molecule has 0 aromatic rings. The van der Waals surface area contributed by atoms with E-state index in [9.17, 15) is 0 Å². The Morgan fingerprint density at radius 3 is 2.91 bits per heavy atom. The zero-order chi connectivity index (χ0) is 8.27. The summed E-state index contributed by atoms with van der Waals surface area (Å²) in [5.41, 5.74) is 0. The fourth-order valence-electron chi connectivity index (χ4n) is 2.01. The number of nitrogens with zero attached hydrogens (tertiary/aromatic N) is 1. The Balaban J connectivity index is 2.42. The summed E-state index contributed by atoms with van der Waals surface area (Å²) >= 11 is 0. The van der Waals surface area contributed by atoms with Gasteiger partial charge in [0.2, 0.25) is 0 Å². The average Bonchev–Trinajstić information content (AvgIpc) is 2.50. The highest BCUT2D eigenvalue weighted by molar-refractivity contribution is 4.81. The van der Waals surface area contributed by atoms with Crippen LogP contribution in [0.1, 0.15) is 26.7 Å². The summed E-state index contributed by atoms with van der Waals surface area (Å²) in [6, 6.07) is 0.644. The van der Waals surface area contributed by atoms with E-state index < -0.39 is 0 Å². The second-order valence-electron chi connectivity index (χ2n) is 3.50. The molecule has 1 fully saturated rings. The van der Waals surface area contributed by atoms with Crippen LogP contribution in [0.4, 0.5) is 0 Å². The van der Waals surface area contributed by atoms with Gasteiger partial charge in [-0.1, -0.05) is 13.8 Å². The highest BCUT2D eigenvalue weighted by Crippen LogP contribution is 2.22. The third kappa shape index (κ3) is 1.94. The van der Waals surface area contributed by atoms with Crippen molar-refractivity contribution in [1.82, 2.24) is 4.90 Å². The second-order valence-corrected chi connectivity index (χ2v) is 3.50. The standard InChI is InChI=1S/C9H19NO/c1-3-10-6-4-5-9(10)8(2)7-11/h8-9,11H,3-7H2,1-2H3/t8-,9?/m1/s1. The van der Waals surface area contributed by atoms with Crippen molar-refractivity contribution in [3.05, 3.63) is 0 Å². The Morgan fingerprint density at radius 2 is 2.36 bits per heavy atom. The van der Waals surface area contributed by atoms with Crippen LogP contribution in [0.25, 0.3) is 0 Å². The lowest BCUT2D eigenvalue weighted by atomic mass is 10.0. The highest BCUT2D eigenvalue weighted by Gasteiger charge is 2.27. The van der Waals surface area contributed by atoms with Gasteiger partial charge >= 0.3 is 0 Å². The van der Waals surface area contributed by atoms with Gasteiger partial charge in [-0.2, -0.15) is 0 Å². The van der Waals surface area contributed by atoms with E-state index in [1.807, 2.05) is 0 Å². The smallest absolute Gasteiger partial charge is 0.0471 e. The van der Waals surface area contributed by atoms with Gasteiger partial charge in [-0.05, 0) is 31.8 Å². The summed E-state index contributed by atoms with van der Waals surface area (Å²) in [7, 11) is 0. The van der Waals surface area contributed by atoms with Crippen LogP contribution in [0, 0.1) is 5.92 Å². The SMILES string of the molecule is CCN1CCCC1[C@H](C)CO. The molecule has 0 spiro atoms. The van der Waals surface area contributed by atoms with Crippen LogP contribution < -0.4 is 0 Å². The molecule has 0 saturated carbocycles. The van der Waals surface area contributed by atoms with Gasteiger partial charge in [-0.25, -0.2) is 0 Å². The lowest BCUT2D eigenvalue weighted by Gasteiger charge is -2.26. The molecule has 2 atom stereocenters. The third-order valence-corrected chi connectivity index (χ3v) is 2.77. The predicted octanol–water partition coefficient (Wildman–Crippen LogP) is 1.10. The molecule has 0 aliphatic carbocycles. The molecule has 0 bridgehead atoms. The number of aliphatic hydroxyl groups is 1. The Morgan fingerprint density at radius 1 is 1.64 bits per heavy atom. The fraction of sp³-hybridized carbons (Fsp3) is 1.00. The largest absolute Gasteiger partial charge is 0.396 e. The van der Waals surface area contributed by atoms with Crippen molar-refractivity contribution in [2.24, 2.45) is 5.92 Å². The number of hydrogen-bond donors (Lipinski definition) is 1. The molecule has 1 rings (SSSR count). The Labute approximate surface area is 69.2 Å². The van der Waals surface area contributed by atoms with E-state index in [2.05, 4.69) is 18.7 Å². The molecule has 1 aliphatic rings. The van der Waals surface area contributed by atoms with Crippen LogP contribution in [0.3, 0.4) is 0 Å².